The lowest BCUT2D eigenvalue weighted by molar-refractivity contribution is -0.890. The minimum Gasteiger partial charge on any atom is -0.741 e. The number of halogens is 3. The second-order valence-corrected chi connectivity index (χ2v) is 7.15. The molecule has 0 aliphatic heterocycles. The summed E-state index contributed by atoms with van der Waals surface area (Å²) in [7, 11) is -1.70. The number of aliphatic hydroxyl groups is 1. The Morgan fingerprint density at radius 2 is 1.41 bits per heavy atom. The van der Waals surface area contributed by atoms with E-state index in [2.05, 4.69) is 21.0 Å². The van der Waals surface area contributed by atoms with Crippen LogP contribution in [-0.2, 0) is 10.1 Å². The normalized spacial score (nSPS) is 12.7. The van der Waals surface area contributed by atoms with E-state index < -0.39 is 15.6 Å². The fourth-order valence-corrected chi connectivity index (χ4v) is 1.70. The predicted octanol–water partition coefficient (Wildman–Crippen LogP) is 2.47. The standard InChI is InChI=1S/C12H28NO.CHF3O3S/c1-4-5-6-7-8-9-10-13(2,3)11-12-14;2-1(3,4)8(5,6)7/h14H,4-12H2,1-3H3;(H,5,6,7)/q+1;/p-1. The van der Waals surface area contributed by atoms with Crippen molar-refractivity contribution in [3.63, 3.8) is 0 Å². The number of rotatable bonds is 9. The molecule has 0 aromatic carbocycles. The highest BCUT2D eigenvalue weighted by molar-refractivity contribution is 7.86. The predicted molar refractivity (Wildman–Crippen MR) is 78.1 cm³/mol. The lowest BCUT2D eigenvalue weighted by atomic mass is 10.1. The highest BCUT2D eigenvalue weighted by Crippen LogP contribution is 2.20. The van der Waals surface area contributed by atoms with Crippen LogP contribution in [0.1, 0.15) is 45.4 Å². The molecule has 0 amide bonds. The van der Waals surface area contributed by atoms with Gasteiger partial charge in [-0.25, -0.2) is 8.42 Å². The molecule has 0 atom stereocenters. The molecule has 0 aromatic rings. The first-order valence-corrected chi connectivity index (χ1v) is 8.73. The minimum atomic E-state index is -6.09. The molecule has 0 aliphatic rings. The van der Waals surface area contributed by atoms with E-state index in [4.69, 9.17) is 18.1 Å². The highest BCUT2D eigenvalue weighted by atomic mass is 32.2. The maximum absolute atomic E-state index is 10.7. The summed E-state index contributed by atoms with van der Waals surface area (Å²) in [5, 5.41) is 8.86. The van der Waals surface area contributed by atoms with Gasteiger partial charge in [-0.3, -0.25) is 0 Å². The molecule has 0 rings (SSSR count). The van der Waals surface area contributed by atoms with Gasteiger partial charge in [0.1, 0.15) is 6.54 Å². The Morgan fingerprint density at radius 1 is 1.00 bits per heavy atom. The van der Waals surface area contributed by atoms with Gasteiger partial charge in [0.25, 0.3) is 0 Å². The molecule has 0 spiro atoms. The average Bonchev–Trinajstić information content (AvgIpc) is 2.31. The fourth-order valence-electron chi connectivity index (χ4n) is 1.70. The summed E-state index contributed by atoms with van der Waals surface area (Å²) in [6, 6.07) is 0. The van der Waals surface area contributed by atoms with Gasteiger partial charge in [0.05, 0.1) is 27.2 Å². The molecular formula is C13H28F3NO4S. The third-order valence-corrected chi connectivity index (χ3v) is 3.67. The van der Waals surface area contributed by atoms with Gasteiger partial charge in [-0.2, -0.15) is 13.2 Å². The van der Waals surface area contributed by atoms with Crippen LogP contribution < -0.4 is 0 Å². The van der Waals surface area contributed by atoms with Crippen molar-refractivity contribution in [1.82, 2.24) is 0 Å². The summed E-state index contributed by atoms with van der Waals surface area (Å²) in [5.74, 6) is 0. The topological polar surface area (TPSA) is 77.4 Å². The number of quaternary nitrogens is 1. The zero-order valence-corrected chi connectivity index (χ0v) is 14.3. The molecule has 22 heavy (non-hydrogen) atoms. The second-order valence-electron chi connectivity index (χ2n) is 5.77. The third kappa shape index (κ3) is 14.6. The van der Waals surface area contributed by atoms with Crippen molar-refractivity contribution in [3.05, 3.63) is 0 Å². The molecule has 0 aliphatic carbocycles. The van der Waals surface area contributed by atoms with E-state index in [1.807, 2.05) is 0 Å². The fraction of sp³-hybridized carbons (Fsp3) is 1.00. The van der Waals surface area contributed by atoms with E-state index >= 15 is 0 Å². The van der Waals surface area contributed by atoms with Crippen LogP contribution in [-0.4, -0.2) is 61.9 Å². The number of likely N-dealkylation sites (N-methyl/N-ethyl adjacent to an activating group) is 1. The van der Waals surface area contributed by atoms with Crippen LogP contribution in [0.4, 0.5) is 13.2 Å². The molecule has 0 bridgehead atoms. The van der Waals surface area contributed by atoms with Crippen molar-refractivity contribution in [2.75, 3.05) is 33.8 Å². The molecule has 5 nitrogen and oxygen atoms in total. The number of unbranched alkanes of at least 4 members (excludes halogenated alkanes) is 5. The first kappa shape index (κ1) is 23.9. The largest absolute Gasteiger partial charge is 0.741 e. The van der Waals surface area contributed by atoms with Gasteiger partial charge in [-0.15, -0.1) is 0 Å². The van der Waals surface area contributed by atoms with Crippen LogP contribution in [0.3, 0.4) is 0 Å². The quantitative estimate of drug-likeness (QED) is 0.300. The van der Waals surface area contributed by atoms with E-state index in [1.165, 1.54) is 45.1 Å². The van der Waals surface area contributed by atoms with Crippen LogP contribution >= 0.6 is 0 Å². The van der Waals surface area contributed by atoms with E-state index in [0.29, 0.717) is 6.61 Å². The van der Waals surface area contributed by atoms with Crippen molar-refractivity contribution in [2.45, 2.75) is 51.0 Å². The number of hydrogen-bond donors (Lipinski definition) is 1. The molecule has 0 radical (unpaired) electrons. The van der Waals surface area contributed by atoms with Gasteiger partial charge < -0.3 is 14.1 Å². The van der Waals surface area contributed by atoms with E-state index in [1.54, 1.807) is 0 Å². The molecule has 0 fully saturated rings. The van der Waals surface area contributed by atoms with Crippen LogP contribution in [0.2, 0.25) is 0 Å². The van der Waals surface area contributed by atoms with Gasteiger partial charge in [0.2, 0.25) is 0 Å². The molecule has 136 valence electrons. The summed E-state index contributed by atoms with van der Waals surface area (Å²) < 4.78 is 59.9. The Kier molecular flexibility index (Phi) is 12.2. The highest BCUT2D eigenvalue weighted by Gasteiger charge is 2.36. The molecule has 0 unspecified atom stereocenters. The smallest absolute Gasteiger partial charge is 0.485 e. The third-order valence-electron chi connectivity index (χ3n) is 3.11. The Labute approximate surface area is 131 Å². The lowest BCUT2D eigenvalue weighted by Gasteiger charge is -2.28. The van der Waals surface area contributed by atoms with Gasteiger partial charge in [0, 0.05) is 0 Å². The number of aliphatic hydroxyl groups excluding tert-OH is 1. The first-order chi connectivity index (χ1) is 9.87. The van der Waals surface area contributed by atoms with E-state index in [9.17, 15) is 13.2 Å². The average molecular weight is 351 g/mol. The maximum atomic E-state index is 10.7. The summed E-state index contributed by atoms with van der Waals surface area (Å²) in [5.41, 5.74) is -5.65. The SMILES string of the molecule is CCCCCCCC[N+](C)(C)CCO.O=S(=O)([O-])C(F)(F)F. The zero-order chi connectivity index (χ0) is 17.9. The van der Waals surface area contributed by atoms with Crippen molar-refractivity contribution >= 4 is 10.1 Å². The summed E-state index contributed by atoms with van der Waals surface area (Å²) >= 11 is 0. The van der Waals surface area contributed by atoms with Crippen LogP contribution in [0.5, 0.6) is 0 Å². The van der Waals surface area contributed by atoms with Crippen molar-refractivity contribution < 1.29 is 35.7 Å². The minimum absolute atomic E-state index is 0.308. The Bertz CT molecular complexity index is 370. The van der Waals surface area contributed by atoms with Crippen molar-refractivity contribution in [3.8, 4) is 0 Å². The molecule has 0 saturated heterocycles. The van der Waals surface area contributed by atoms with E-state index in [-0.39, 0.29) is 0 Å². The molecule has 0 aromatic heterocycles. The lowest BCUT2D eigenvalue weighted by Crippen LogP contribution is -2.42. The maximum Gasteiger partial charge on any atom is 0.485 e. The molecule has 0 heterocycles. The monoisotopic (exact) mass is 351 g/mol. The Hall–Kier alpha value is -0.380. The molecule has 1 N–H and O–H groups in total. The second kappa shape index (κ2) is 11.2. The van der Waals surface area contributed by atoms with Crippen LogP contribution in [0.15, 0.2) is 0 Å². The van der Waals surface area contributed by atoms with Gasteiger partial charge in [0.15, 0.2) is 10.1 Å². The number of nitrogens with zero attached hydrogens (tertiary/aromatic N) is 1. The molecule has 9 heteroatoms. The van der Waals surface area contributed by atoms with Crippen LogP contribution in [0.25, 0.3) is 0 Å². The summed E-state index contributed by atoms with van der Waals surface area (Å²) in [6.45, 7) is 4.64. The van der Waals surface area contributed by atoms with Crippen LogP contribution in [0, 0.1) is 0 Å². The number of alkyl halides is 3. The summed E-state index contributed by atoms with van der Waals surface area (Å²) in [6.07, 6.45) is 8.14. The first-order valence-electron chi connectivity index (χ1n) is 7.32. The Morgan fingerprint density at radius 3 is 1.77 bits per heavy atom. The van der Waals surface area contributed by atoms with Gasteiger partial charge in [-0.1, -0.05) is 32.6 Å². The van der Waals surface area contributed by atoms with Gasteiger partial charge >= 0.3 is 5.51 Å². The number of hydrogen-bond acceptors (Lipinski definition) is 4. The molecule has 0 saturated carbocycles. The summed E-state index contributed by atoms with van der Waals surface area (Å²) in [4.78, 5) is 0. The van der Waals surface area contributed by atoms with Crippen molar-refractivity contribution in [2.24, 2.45) is 0 Å². The van der Waals surface area contributed by atoms with E-state index in [0.717, 1.165) is 11.0 Å². The van der Waals surface area contributed by atoms with Crippen molar-refractivity contribution in [1.29, 1.82) is 0 Å². The van der Waals surface area contributed by atoms with Gasteiger partial charge in [-0.05, 0) is 12.8 Å². The Balaban J connectivity index is 0. The zero-order valence-electron chi connectivity index (χ0n) is 13.5. The molecular weight excluding hydrogens is 323 g/mol.